The maximum Gasteiger partial charge on any atom is 0.139 e. The first kappa shape index (κ1) is 12.9. The zero-order chi connectivity index (χ0) is 13.9. The average Bonchev–Trinajstić information content (AvgIpc) is 2.74. The zero-order valence-corrected chi connectivity index (χ0v) is 11.5. The highest BCUT2D eigenvalue weighted by atomic mass is 16.4. The Morgan fingerprint density at radius 1 is 1.42 bits per heavy atom. The Hall–Kier alpha value is -1.13. The molecule has 0 radical (unpaired) electrons. The van der Waals surface area contributed by atoms with Crippen molar-refractivity contribution in [2.75, 3.05) is 0 Å². The summed E-state index contributed by atoms with van der Waals surface area (Å²) in [5, 5.41) is 21.3. The number of carbonyl (C=O) groups is 1. The topological polar surface area (TPSA) is 70.7 Å². The molecule has 1 heterocycles. The lowest BCUT2D eigenvalue weighted by molar-refractivity contribution is -0.162. The number of hydrogen-bond acceptors (Lipinski definition) is 4. The van der Waals surface area contributed by atoms with Crippen LogP contribution in [-0.2, 0) is 4.79 Å². The van der Waals surface area contributed by atoms with Gasteiger partial charge in [-0.2, -0.15) is 0 Å². The van der Waals surface area contributed by atoms with Gasteiger partial charge in [-0.25, -0.2) is 0 Å². The molecule has 5 unspecified atom stereocenters. The standard InChI is InChI=1S/C15H20O4/c1-7-6-19-13-10(7)14(18)15(3)8(2)4-5-9(16)11(15)12(13)17/h6,8,11-12,14,17-18H,4-5H2,1-3H3. The molecule has 3 rings (SSSR count). The summed E-state index contributed by atoms with van der Waals surface area (Å²) >= 11 is 0. The molecular formula is C15H20O4. The van der Waals surface area contributed by atoms with Crippen molar-refractivity contribution in [2.24, 2.45) is 17.3 Å². The van der Waals surface area contributed by atoms with Crippen LogP contribution >= 0.6 is 0 Å². The van der Waals surface area contributed by atoms with Crippen LogP contribution < -0.4 is 0 Å². The van der Waals surface area contributed by atoms with Gasteiger partial charge in [-0.1, -0.05) is 13.8 Å². The first-order valence-electron chi connectivity index (χ1n) is 6.85. The van der Waals surface area contributed by atoms with Crippen molar-refractivity contribution in [3.63, 3.8) is 0 Å². The molecule has 1 aromatic heterocycles. The van der Waals surface area contributed by atoms with Crippen LogP contribution in [0, 0.1) is 24.2 Å². The summed E-state index contributed by atoms with van der Waals surface area (Å²) in [6, 6.07) is 0. The van der Waals surface area contributed by atoms with Crippen LogP contribution in [0.2, 0.25) is 0 Å². The summed E-state index contributed by atoms with van der Waals surface area (Å²) < 4.78 is 5.38. The number of hydrogen-bond donors (Lipinski definition) is 2. The molecule has 0 spiro atoms. The number of aliphatic hydroxyl groups is 2. The third-order valence-electron chi connectivity index (χ3n) is 5.40. The lowest BCUT2D eigenvalue weighted by Gasteiger charge is -2.52. The monoisotopic (exact) mass is 264 g/mol. The van der Waals surface area contributed by atoms with Crippen molar-refractivity contribution in [1.29, 1.82) is 0 Å². The Kier molecular flexibility index (Phi) is 2.67. The predicted octanol–water partition coefficient (Wildman–Crippen LogP) is 2.29. The highest BCUT2D eigenvalue weighted by molar-refractivity contribution is 5.84. The van der Waals surface area contributed by atoms with Crippen LogP contribution in [0.4, 0.5) is 0 Å². The van der Waals surface area contributed by atoms with E-state index < -0.39 is 23.5 Å². The van der Waals surface area contributed by atoms with Gasteiger partial charge in [-0.05, 0) is 24.8 Å². The molecule has 0 saturated heterocycles. The van der Waals surface area contributed by atoms with Gasteiger partial charge in [0.05, 0.1) is 18.3 Å². The normalized spacial score (nSPS) is 41.8. The van der Waals surface area contributed by atoms with Gasteiger partial charge < -0.3 is 14.6 Å². The Bertz CT molecular complexity index is 532. The van der Waals surface area contributed by atoms with Crippen molar-refractivity contribution in [2.45, 2.75) is 45.8 Å². The molecule has 0 amide bonds. The second-order valence-corrected chi connectivity index (χ2v) is 6.29. The summed E-state index contributed by atoms with van der Waals surface area (Å²) in [7, 11) is 0. The SMILES string of the molecule is Cc1coc2c1C(O)C1(C)C(C)CCC(=O)C1C2O. The molecule has 0 bridgehead atoms. The van der Waals surface area contributed by atoms with Crippen LogP contribution in [0.25, 0.3) is 0 Å². The van der Waals surface area contributed by atoms with Gasteiger partial charge in [0, 0.05) is 17.4 Å². The van der Waals surface area contributed by atoms with E-state index in [0.29, 0.717) is 17.7 Å². The molecule has 1 aromatic rings. The van der Waals surface area contributed by atoms with E-state index in [1.165, 1.54) is 0 Å². The van der Waals surface area contributed by atoms with Gasteiger partial charge >= 0.3 is 0 Å². The molecule has 2 N–H and O–H groups in total. The van der Waals surface area contributed by atoms with E-state index in [1.54, 1.807) is 6.26 Å². The van der Waals surface area contributed by atoms with E-state index in [4.69, 9.17) is 4.42 Å². The van der Waals surface area contributed by atoms with Crippen LogP contribution in [-0.4, -0.2) is 16.0 Å². The Labute approximate surface area is 112 Å². The lowest BCUT2D eigenvalue weighted by atomic mass is 9.53. The molecule has 0 aliphatic heterocycles. The molecular weight excluding hydrogens is 244 g/mol. The van der Waals surface area contributed by atoms with Crippen molar-refractivity contribution in [3.8, 4) is 0 Å². The van der Waals surface area contributed by atoms with E-state index in [1.807, 2.05) is 13.8 Å². The average molecular weight is 264 g/mol. The Balaban J connectivity index is 2.22. The number of carbonyl (C=O) groups excluding carboxylic acids is 1. The van der Waals surface area contributed by atoms with Gasteiger partial charge in [0.2, 0.25) is 0 Å². The minimum atomic E-state index is -0.938. The molecule has 1 saturated carbocycles. The summed E-state index contributed by atoms with van der Waals surface area (Å²) in [5.41, 5.74) is 0.898. The van der Waals surface area contributed by atoms with Crippen LogP contribution in [0.5, 0.6) is 0 Å². The molecule has 4 nitrogen and oxygen atoms in total. The molecule has 2 aliphatic carbocycles. The molecule has 19 heavy (non-hydrogen) atoms. The number of aryl methyl sites for hydroxylation is 1. The second kappa shape index (κ2) is 3.93. The number of furan rings is 1. The van der Waals surface area contributed by atoms with Crippen molar-refractivity contribution in [3.05, 3.63) is 23.2 Å². The fourth-order valence-electron chi connectivity index (χ4n) is 3.95. The minimum absolute atomic E-state index is 0.0341. The highest BCUT2D eigenvalue weighted by Gasteiger charge is 2.59. The fraction of sp³-hybridized carbons (Fsp3) is 0.667. The summed E-state index contributed by atoms with van der Waals surface area (Å²) in [5.74, 6) is 0.0216. The molecule has 0 aromatic carbocycles. The molecule has 2 aliphatic rings. The van der Waals surface area contributed by atoms with Gasteiger partial charge in [-0.15, -0.1) is 0 Å². The number of rotatable bonds is 0. The van der Waals surface area contributed by atoms with Crippen molar-refractivity contribution < 1.29 is 19.4 Å². The van der Waals surface area contributed by atoms with E-state index >= 15 is 0 Å². The fourth-order valence-corrected chi connectivity index (χ4v) is 3.95. The van der Waals surface area contributed by atoms with Gasteiger partial charge in [0.1, 0.15) is 17.6 Å². The maximum absolute atomic E-state index is 12.2. The van der Waals surface area contributed by atoms with E-state index in [2.05, 4.69) is 6.92 Å². The number of aliphatic hydroxyl groups excluding tert-OH is 2. The van der Waals surface area contributed by atoms with Crippen LogP contribution in [0.15, 0.2) is 10.7 Å². The number of fused-ring (bicyclic) bond motifs is 2. The molecule has 1 fully saturated rings. The van der Waals surface area contributed by atoms with Gasteiger partial charge in [0.15, 0.2) is 0 Å². The summed E-state index contributed by atoms with van der Waals surface area (Å²) in [6.45, 7) is 5.83. The summed E-state index contributed by atoms with van der Waals surface area (Å²) in [6.07, 6.45) is 1.09. The maximum atomic E-state index is 12.2. The van der Waals surface area contributed by atoms with Crippen molar-refractivity contribution in [1.82, 2.24) is 0 Å². The predicted molar refractivity (Wildman–Crippen MR) is 68.4 cm³/mol. The van der Waals surface area contributed by atoms with Gasteiger partial charge in [-0.3, -0.25) is 4.79 Å². The Morgan fingerprint density at radius 2 is 2.11 bits per heavy atom. The molecule has 4 heteroatoms. The highest BCUT2D eigenvalue weighted by Crippen LogP contribution is 2.60. The number of ketones is 1. The first-order chi connectivity index (χ1) is 8.89. The van der Waals surface area contributed by atoms with E-state index in [0.717, 1.165) is 12.0 Å². The molecule has 5 atom stereocenters. The molecule has 104 valence electrons. The van der Waals surface area contributed by atoms with Crippen LogP contribution in [0.3, 0.4) is 0 Å². The Morgan fingerprint density at radius 3 is 2.79 bits per heavy atom. The quantitative estimate of drug-likeness (QED) is 0.754. The number of Topliss-reactive ketones (excluding diaryl/α,β-unsaturated/α-hetero) is 1. The minimum Gasteiger partial charge on any atom is -0.466 e. The van der Waals surface area contributed by atoms with Crippen molar-refractivity contribution >= 4 is 5.78 Å². The van der Waals surface area contributed by atoms with Crippen LogP contribution in [0.1, 0.15) is 55.8 Å². The zero-order valence-electron chi connectivity index (χ0n) is 11.5. The first-order valence-corrected chi connectivity index (χ1v) is 6.85. The van der Waals surface area contributed by atoms with E-state index in [-0.39, 0.29) is 11.7 Å². The second-order valence-electron chi connectivity index (χ2n) is 6.29. The largest absolute Gasteiger partial charge is 0.466 e. The van der Waals surface area contributed by atoms with Gasteiger partial charge in [0.25, 0.3) is 0 Å². The lowest BCUT2D eigenvalue weighted by Crippen LogP contribution is -2.52. The van der Waals surface area contributed by atoms with E-state index in [9.17, 15) is 15.0 Å². The smallest absolute Gasteiger partial charge is 0.139 e. The third-order valence-corrected chi connectivity index (χ3v) is 5.40. The summed E-state index contributed by atoms with van der Waals surface area (Å²) in [4.78, 5) is 12.2. The third kappa shape index (κ3) is 1.44.